The van der Waals surface area contributed by atoms with Gasteiger partial charge in [-0.25, -0.2) is 0 Å². The van der Waals surface area contributed by atoms with E-state index < -0.39 is 24.0 Å². The maximum Gasteiger partial charge on any atom is 0.522 e. The Morgan fingerprint density at radius 2 is 1.80 bits per heavy atom. The molecule has 0 spiro atoms. The Hall–Kier alpha value is -0.580. The number of amides is 2. The van der Waals surface area contributed by atoms with Gasteiger partial charge in [0.05, 0.1) is 29.7 Å². The summed E-state index contributed by atoms with van der Waals surface area (Å²) >= 11 is 14.1. The van der Waals surface area contributed by atoms with Crippen molar-refractivity contribution in [1.29, 1.82) is 0 Å². The molecule has 0 saturated carbocycles. The van der Waals surface area contributed by atoms with E-state index in [-0.39, 0.29) is 70.8 Å². The first-order valence-corrected chi connectivity index (χ1v) is 16.0. The number of carbonyl (C=O) groups excluding carboxylic acids is 2. The largest absolute Gasteiger partial charge is 0.522 e. The average Bonchev–Trinajstić information content (AvgIpc) is 3.47. The third-order valence-electron chi connectivity index (χ3n) is 9.05. The van der Waals surface area contributed by atoms with Crippen LogP contribution in [0.1, 0.15) is 32.6 Å². The van der Waals surface area contributed by atoms with Crippen LogP contribution in [0.3, 0.4) is 0 Å². The third kappa shape index (κ3) is 7.56. The standard InChI is InChI=1S/C25H39Cl2F3N6O4S/c1-11-5-12(13-6-20(26)32-8-18(13)39-2)14(7-31-11)22(37)35-24-34-16-9-36(10-19(16)41-24)23(38)15-3-4-17(21(27)33-15)40-25(28,29)30/h11-21,24,31-34H,3-10H2,1-2H3,(H,35,37). The number of hydrogen-bond donors (Lipinski definition) is 5. The van der Waals surface area contributed by atoms with E-state index in [2.05, 4.69) is 38.2 Å². The number of alkyl halides is 5. The molecule has 0 radical (unpaired) electrons. The Morgan fingerprint density at radius 1 is 1.02 bits per heavy atom. The van der Waals surface area contributed by atoms with Crippen molar-refractivity contribution in [1.82, 2.24) is 31.5 Å². The molecule has 0 aromatic rings. The summed E-state index contributed by atoms with van der Waals surface area (Å²) in [6.07, 6.45) is -4.19. The molecule has 12 unspecified atom stereocenters. The molecular weight excluding hydrogens is 608 g/mol. The molecule has 0 bridgehead atoms. The summed E-state index contributed by atoms with van der Waals surface area (Å²) in [7, 11) is 1.71. The van der Waals surface area contributed by atoms with Crippen molar-refractivity contribution >= 4 is 46.8 Å². The van der Waals surface area contributed by atoms with Gasteiger partial charge in [-0.2, -0.15) is 0 Å². The van der Waals surface area contributed by atoms with Gasteiger partial charge in [0, 0.05) is 50.6 Å². The maximum atomic E-state index is 13.6. The van der Waals surface area contributed by atoms with E-state index >= 15 is 0 Å². The van der Waals surface area contributed by atoms with Crippen molar-refractivity contribution in [2.24, 2.45) is 17.8 Å². The number of halogens is 5. The minimum absolute atomic E-state index is 0.00626. The number of nitrogens with zero attached hydrogens (tertiary/aromatic N) is 1. The van der Waals surface area contributed by atoms with Crippen LogP contribution in [0.5, 0.6) is 0 Å². The molecule has 5 fully saturated rings. The molecular formula is C25H39Cl2F3N6O4S. The predicted molar refractivity (Wildman–Crippen MR) is 149 cm³/mol. The molecule has 0 aliphatic carbocycles. The summed E-state index contributed by atoms with van der Waals surface area (Å²) in [4.78, 5) is 28.4. The molecule has 5 saturated heterocycles. The molecule has 5 aliphatic heterocycles. The number of likely N-dealkylation sites (tertiary alicyclic amines) is 1. The van der Waals surface area contributed by atoms with Gasteiger partial charge in [0.25, 0.3) is 0 Å². The fourth-order valence-electron chi connectivity index (χ4n) is 7.01. The Kier molecular flexibility index (Phi) is 10.2. The minimum atomic E-state index is -4.78. The van der Waals surface area contributed by atoms with Gasteiger partial charge in [-0.3, -0.25) is 30.3 Å². The SMILES string of the molecule is COC1CNC(Cl)CC1C1CC(C)NCC1C(=O)NC1NC2CN(C(=O)C3CCC(OC(F)(F)F)C(Cl)N3)CC2S1. The van der Waals surface area contributed by atoms with Crippen molar-refractivity contribution in [3.05, 3.63) is 0 Å². The lowest BCUT2D eigenvalue weighted by Gasteiger charge is -2.45. The lowest BCUT2D eigenvalue weighted by atomic mass is 9.70. The lowest BCUT2D eigenvalue weighted by molar-refractivity contribution is -0.345. The normalized spacial score (nSPS) is 43.5. The van der Waals surface area contributed by atoms with Gasteiger partial charge in [0.15, 0.2) is 0 Å². The van der Waals surface area contributed by atoms with Crippen LogP contribution in [-0.4, -0.2) is 108 Å². The van der Waals surface area contributed by atoms with Gasteiger partial charge in [-0.15, -0.1) is 48.1 Å². The van der Waals surface area contributed by atoms with E-state index in [1.54, 1.807) is 23.8 Å². The number of methoxy groups -OCH3 is 1. The van der Waals surface area contributed by atoms with E-state index in [1.165, 1.54) is 0 Å². The molecule has 5 N–H and O–H groups in total. The highest BCUT2D eigenvalue weighted by Crippen LogP contribution is 2.39. The summed E-state index contributed by atoms with van der Waals surface area (Å²) < 4.78 is 47.6. The van der Waals surface area contributed by atoms with Crippen molar-refractivity contribution in [3.63, 3.8) is 0 Å². The summed E-state index contributed by atoms with van der Waals surface area (Å²) in [6.45, 7) is 4.31. The third-order valence-corrected chi connectivity index (χ3v) is 11.1. The number of hydrogen-bond acceptors (Lipinski definition) is 9. The minimum Gasteiger partial charge on any atom is -0.380 e. The van der Waals surface area contributed by atoms with Gasteiger partial charge in [0.1, 0.15) is 11.0 Å². The monoisotopic (exact) mass is 646 g/mol. The van der Waals surface area contributed by atoms with Gasteiger partial charge in [0.2, 0.25) is 11.8 Å². The molecule has 5 rings (SSSR count). The van der Waals surface area contributed by atoms with Gasteiger partial charge < -0.3 is 20.3 Å². The fourth-order valence-corrected chi connectivity index (χ4v) is 9.04. The average molecular weight is 648 g/mol. The molecule has 41 heavy (non-hydrogen) atoms. The highest BCUT2D eigenvalue weighted by molar-refractivity contribution is 8.00. The van der Waals surface area contributed by atoms with Crippen LogP contribution < -0.4 is 26.6 Å². The highest BCUT2D eigenvalue weighted by Gasteiger charge is 2.48. The van der Waals surface area contributed by atoms with Crippen molar-refractivity contribution in [2.75, 3.05) is 33.3 Å². The van der Waals surface area contributed by atoms with Crippen molar-refractivity contribution in [3.8, 4) is 0 Å². The second-order valence-corrected chi connectivity index (χ2v) is 14.1. The summed E-state index contributed by atoms with van der Waals surface area (Å²) in [6, 6.07) is -0.380. The molecule has 10 nitrogen and oxygen atoms in total. The van der Waals surface area contributed by atoms with Crippen LogP contribution in [0.15, 0.2) is 0 Å². The molecule has 234 valence electrons. The first kappa shape index (κ1) is 31.8. The smallest absolute Gasteiger partial charge is 0.380 e. The topological polar surface area (TPSA) is 116 Å². The number of fused-ring (bicyclic) bond motifs is 1. The van der Waals surface area contributed by atoms with Crippen LogP contribution >= 0.6 is 35.0 Å². The Morgan fingerprint density at radius 3 is 2.49 bits per heavy atom. The van der Waals surface area contributed by atoms with E-state index in [4.69, 9.17) is 27.9 Å². The second kappa shape index (κ2) is 13.2. The van der Waals surface area contributed by atoms with Gasteiger partial charge in [-0.1, -0.05) is 0 Å². The molecule has 2 amide bonds. The first-order valence-electron chi connectivity index (χ1n) is 14.2. The molecule has 5 heterocycles. The van der Waals surface area contributed by atoms with Gasteiger partial charge in [-0.05, 0) is 44.4 Å². The van der Waals surface area contributed by atoms with Crippen molar-refractivity contribution < 1.29 is 32.2 Å². The first-order chi connectivity index (χ1) is 19.4. The molecule has 5 aliphatic rings. The molecule has 0 aromatic carbocycles. The lowest BCUT2D eigenvalue weighted by Crippen LogP contribution is -2.58. The second-order valence-electron chi connectivity index (χ2n) is 11.7. The Bertz CT molecular complexity index is 946. The van der Waals surface area contributed by atoms with Gasteiger partial charge >= 0.3 is 6.36 Å². The molecule has 12 atom stereocenters. The molecule has 16 heteroatoms. The number of piperidine rings is 3. The maximum absolute atomic E-state index is 13.6. The zero-order chi connectivity index (χ0) is 29.5. The van der Waals surface area contributed by atoms with E-state index in [0.717, 1.165) is 12.8 Å². The Balaban J connectivity index is 1.12. The summed E-state index contributed by atoms with van der Waals surface area (Å²) in [5, 5.41) is 16.2. The summed E-state index contributed by atoms with van der Waals surface area (Å²) in [5.74, 6) is -0.113. The van der Waals surface area contributed by atoms with E-state index in [9.17, 15) is 22.8 Å². The zero-order valence-electron chi connectivity index (χ0n) is 23.0. The quantitative estimate of drug-likeness (QED) is 0.215. The van der Waals surface area contributed by atoms with E-state index in [0.29, 0.717) is 32.2 Å². The van der Waals surface area contributed by atoms with E-state index in [1.807, 2.05) is 0 Å². The number of nitrogens with one attached hydrogen (secondary N) is 5. The highest BCUT2D eigenvalue weighted by atomic mass is 35.5. The van der Waals surface area contributed by atoms with Crippen LogP contribution in [0, 0.1) is 17.8 Å². The van der Waals surface area contributed by atoms with Crippen LogP contribution in [-0.2, 0) is 19.1 Å². The zero-order valence-corrected chi connectivity index (χ0v) is 25.3. The summed E-state index contributed by atoms with van der Waals surface area (Å²) in [5.41, 5.74) is -1.54. The van der Waals surface area contributed by atoms with Crippen molar-refractivity contribution in [2.45, 2.75) is 91.1 Å². The predicted octanol–water partition coefficient (Wildman–Crippen LogP) is 1.33. The number of carbonyl (C=O) groups is 2. The van der Waals surface area contributed by atoms with Crippen LogP contribution in [0.25, 0.3) is 0 Å². The number of rotatable bonds is 6. The van der Waals surface area contributed by atoms with Crippen LogP contribution in [0.2, 0.25) is 0 Å². The molecule has 0 aromatic heterocycles. The van der Waals surface area contributed by atoms with Crippen LogP contribution in [0.4, 0.5) is 13.2 Å². The number of ether oxygens (including phenoxy) is 2. The fraction of sp³-hybridized carbons (Fsp3) is 0.920. The Labute approximate surface area is 252 Å². The number of thioether (sulfide) groups is 1.